The van der Waals surface area contributed by atoms with Gasteiger partial charge in [0.25, 0.3) is 0 Å². The van der Waals surface area contributed by atoms with Crippen LogP contribution in [-0.4, -0.2) is 34.7 Å². The summed E-state index contributed by atoms with van der Waals surface area (Å²) in [5.74, 6) is 0. The molecule has 2 fully saturated rings. The first-order chi connectivity index (χ1) is 5.64. The van der Waals surface area contributed by atoms with Crippen LogP contribution in [-0.2, 0) is 0 Å². The predicted octanol–water partition coefficient (Wildman–Crippen LogP) is 1.16. The van der Waals surface area contributed by atoms with Crippen LogP contribution in [0.3, 0.4) is 0 Å². The van der Waals surface area contributed by atoms with Crippen LogP contribution < -0.4 is 0 Å². The minimum atomic E-state index is -0.573. The van der Waals surface area contributed by atoms with E-state index in [4.69, 9.17) is 0 Å². The van der Waals surface area contributed by atoms with Crippen molar-refractivity contribution in [2.24, 2.45) is 0 Å². The minimum absolute atomic E-state index is 0.370. The molecule has 12 heavy (non-hydrogen) atoms. The number of fused-ring (bicyclic) bond motifs is 1. The lowest BCUT2D eigenvalue weighted by Gasteiger charge is -2.30. The fourth-order valence-electron chi connectivity index (χ4n) is 2.61. The maximum absolute atomic E-state index is 10.3. The summed E-state index contributed by atoms with van der Waals surface area (Å²) in [5, 5.41) is 10.3. The lowest BCUT2D eigenvalue weighted by molar-refractivity contribution is 0.0493. The van der Waals surface area contributed by atoms with Crippen molar-refractivity contribution < 1.29 is 5.11 Å². The first kappa shape index (κ1) is 8.27. The predicted molar refractivity (Wildman–Crippen MR) is 49.0 cm³/mol. The third-order valence-corrected chi connectivity index (χ3v) is 3.43. The van der Waals surface area contributed by atoms with Crippen LogP contribution in [0, 0.1) is 0 Å². The Bertz CT molecular complexity index is 214. The molecular formula is C10H17NO. The molecule has 2 nitrogen and oxygen atoms in total. The lowest BCUT2D eigenvalue weighted by atomic mass is 9.87. The van der Waals surface area contributed by atoms with Crippen molar-refractivity contribution in [3.63, 3.8) is 0 Å². The summed E-state index contributed by atoms with van der Waals surface area (Å²) in [5.41, 5.74) is 0.369. The number of rotatable bonds is 1. The molecule has 2 aliphatic heterocycles. The molecule has 2 saturated heterocycles. The quantitative estimate of drug-likeness (QED) is 0.592. The smallest absolute Gasteiger partial charge is 0.102 e. The van der Waals surface area contributed by atoms with E-state index in [1.54, 1.807) is 0 Å². The molecule has 0 aliphatic carbocycles. The highest BCUT2D eigenvalue weighted by Gasteiger charge is 2.48. The molecule has 0 aromatic rings. The van der Waals surface area contributed by atoms with Gasteiger partial charge in [-0.05, 0) is 38.3 Å². The molecule has 0 saturated carbocycles. The Morgan fingerprint density at radius 2 is 2.33 bits per heavy atom. The molecule has 2 unspecified atom stereocenters. The van der Waals surface area contributed by atoms with Crippen molar-refractivity contribution in [2.45, 2.75) is 37.8 Å². The summed E-state index contributed by atoms with van der Waals surface area (Å²) < 4.78 is 0. The highest BCUT2D eigenvalue weighted by atomic mass is 16.3. The Labute approximate surface area is 73.9 Å². The molecule has 0 radical (unpaired) electrons. The van der Waals surface area contributed by atoms with Crippen LogP contribution in [0.2, 0.25) is 0 Å². The van der Waals surface area contributed by atoms with Crippen LogP contribution in [0.15, 0.2) is 12.2 Å². The zero-order valence-corrected chi connectivity index (χ0v) is 7.71. The van der Waals surface area contributed by atoms with E-state index < -0.39 is 5.60 Å². The first-order valence-corrected chi connectivity index (χ1v) is 4.77. The van der Waals surface area contributed by atoms with Gasteiger partial charge in [0.05, 0.1) is 0 Å². The van der Waals surface area contributed by atoms with Gasteiger partial charge in [-0.15, -0.1) is 0 Å². The number of aliphatic hydroxyl groups is 1. The first-order valence-electron chi connectivity index (χ1n) is 4.77. The van der Waals surface area contributed by atoms with Gasteiger partial charge < -0.3 is 5.11 Å². The van der Waals surface area contributed by atoms with Crippen molar-refractivity contribution in [1.29, 1.82) is 0 Å². The topological polar surface area (TPSA) is 23.5 Å². The van der Waals surface area contributed by atoms with Crippen LogP contribution >= 0.6 is 0 Å². The normalized spacial score (nSPS) is 41.7. The lowest BCUT2D eigenvalue weighted by Crippen LogP contribution is -2.41. The Hall–Kier alpha value is -0.340. The Balaban J connectivity index is 2.22. The van der Waals surface area contributed by atoms with E-state index >= 15 is 0 Å². The monoisotopic (exact) mass is 167 g/mol. The van der Waals surface area contributed by atoms with Gasteiger partial charge >= 0.3 is 0 Å². The second-order valence-electron chi connectivity index (χ2n) is 4.15. The Morgan fingerprint density at radius 3 is 3.00 bits per heavy atom. The summed E-state index contributed by atoms with van der Waals surface area (Å²) in [4.78, 5) is 2.40. The molecule has 2 rings (SSSR count). The van der Waals surface area contributed by atoms with Gasteiger partial charge in [0.2, 0.25) is 0 Å². The minimum Gasteiger partial charge on any atom is -0.384 e. The molecule has 2 heterocycles. The van der Waals surface area contributed by atoms with Crippen molar-refractivity contribution in [2.75, 3.05) is 13.1 Å². The van der Waals surface area contributed by atoms with E-state index in [1.807, 2.05) is 6.92 Å². The zero-order chi connectivity index (χ0) is 8.77. The second-order valence-corrected chi connectivity index (χ2v) is 4.15. The molecular weight excluding hydrogens is 150 g/mol. The maximum atomic E-state index is 10.3. The Kier molecular flexibility index (Phi) is 1.77. The van der Waals surface area contributed by atoms with Crippen molar-refractivity contribution in [3.8, 4) is 0 Å². The SMILES string of the molecule is C=C(C)C1(O)CCN2CCCC21. The number of nitrogens with zero attached hydrogens (tertiary/aromatic N) is 1. The van der Waals surface area contributed by atoms with E-state index in [1.165, 1.54) is 13.0 Å². The van der Waals surface area contributed by atoms with Gasteiger partial charge in [0.1, 0.15) is 5.60 Å². The van der Waals surface area contributed by atoms with Gasteiger partial charge in [-0.2, -0.15) is 0 Å². The van der Waals surface area contributed by atoms with Crippen molar-refractivity contribution >= 4 is 0 Å². The second kappa shape index (κ2) is 2.57. The molecule has 0 bridgehead atoms. The molecule has 2 heteroatoms. The van der Waals surface area contributed by atoms with Crippen LogP contribution in [0.4, 0.5) is 0 Å². The average Bonchev–Trinajstić information content (AvgIpc) is 2.54. The number of hydrogen-bond donors (Lipinski definition) is 1. The van der Waals surface area contributed by atoms with E-state index in [0.717, 1.165) is 25.0 Å². The van der Waals surface area contributed by atoms with Crippen LogP contribution in [0.1, 0.15) is 26.2 Å². The highest BCUT2D eigenvalue weighted by Crippen LogP contribution is 2.39. The zero-order valence-electron chi connectivity index (χ0n) is 7.71. The molecule has 1 N–H and O–H groups in total. The van der Waals surface area contributed by atoms with Crippen LogP contribution in [0.25, 0.3) is 0 Å². The Morgan fingerprint density at radius 1 is 1.58 bits per heavy atom. The largest absolute Gasteiger partial charge is 0.384 e. The summed E-state index contributed by atoms with van der Waals surface area (Å²) in [6.45, 7) is 8.06. The molecule has 0 aromatic carbocycles. The maximum Gasteiger partial charge on any atom is 0.102 e. The summed E-state index contributed by atoms with van der Waals surface area (Å²) in [7, 11) is 0. The van der Waals surface area contributed by atoms with Gasteiger partial charge in [-0.1, -0.05) is 6.58 Å². The van der Waals surface area contributed by atoms with E-state index in [-0.39, 0.29) is 0 Å². The van der Waals surface area contributed by atoms with Gasteiger partial charge in [0, 0.05) is 12.6 Å². The fourth-order valence-corrected chi connectivity index (χ4v) is 2.61. The third-order valence-electron chi connectivity index (χ3n) is 3.43. The fraction of sp³-hybridized carbons (Fsp3) is 0.800. The van der Waals surface area contributed by atoms with Gasteiger partial charge in [-0.25, -0.2) is 0 Å². The molecule has 2 atom stereocenters. The summed E-state index contributed by atoms with van der Waals surface area (Å²) in [6, 6.07) is 0.370. The molecule has 0 amide bonds. The van der Waals surface area contributed by atoms with Crippen molar-refractivity contribution in [1.82, 2.24) is 4.90 Å². The summed E-state index contributed by atoms with van der Waals surface area (Å²) >= 11 is 0. The molecule has 68 valence electrons. The van der Waals surface area contributed by atoms with Gasteiger partial charge in [0.15, 0.2) is 0 Å². The highest BCUT2D eigenvalue weighted by molar-refractivity contribution is 5.19. The molecule has 0 aromatic heterocycles. The molecule has 2 aliphatic rings. The standard InChI is InChI=1S/C10H17NO/c1-8(2)10(12)5-7-11-6-3-4-9(10)11/h9,12H,1,3-7H2,2H3. The number of hydrogen-bond acceptors (Lipinski definition) is 2. The van der Waals surface area contributed by atoms with Crippen molar-refractivity contribution in [3.05, 3.63) is 12.2 Å². The average molecular weight is 167 g/mol. The molecule has 0 spiro atoms. The van der Waals surface area contributed by atoms with E-state index in [0.29, 0.717) is 6.04 Å². The van der Waals surface area contributed by atoms with Crippen LogP contribution in [0.5, 0.6) is 0 Å². The van der Waals surface area contributed by atoms with E-state index in [2.05, 4.69) is 11.5 Å². The summed E-state index contributed by atoms with van der Waals surface area (Å²) in [6.07, 6.45) is 3.26. The third kappa shape index (κ3) is 0.947. The van der Waals surface area contributed by atoms with E-state index in [9.17, 15) is 5.11 Å². The van der Waals surface area contributed by atoms with Gasteiger partial charge in [-0.3, -0.25) is 4.90 Å².